The molecule has 0 unspecified atom stereocenters. The number of rotatable bonds is 4. The second-order valence-electron chi connectivity index (χ2n) is 4.12. The predicted molar refractivity (Wildman–Crippen MR) is 69.4 cm³/mol. The number of pyridine rings is 2. The maximum Gasteiger partial charge on any atom is 0.243 e. The predicted octanol–water partition coefficient (Wildman–Crippen LogP) is 1.92. The largest absolute Gasteiger partial charge is 0.353 e. The van der Waals surface area contributed by atoms with Crippen molar-refractivity contribution >= 4 is 11.6 Å². The van der Waals surface area contributed by atoms with Gasteiger partial charge in [0, 0.05) is 18.9 Å². The topological polar surface area (TPSA) is 55.1 Å². The Kier molecular flexibility index (Phi) is 3.06. The molecule has 19 heavy (non-hydrogen) atoms. The van der Waals surface area contributed by atoms with Crippen LogP contribution in [0.15, 0.2) is 42.9 Å². The van der Waals surface area contributed by atoms with Gasteiger partial charge in [-0.25, -0.2) is 8.91 Å². The third kappa shape index (κ3) is 2.67. The fourth-order valence-electron chi connectivity index (χ4n) is 1.80. The standard InChI is InChI=1S/C13H12FN5/c14-11-1-2-12-17-13(18-19(12)9-11)16-8-5-10-3-6-15-7-4-10/h1-4,6-7,9H,5,8H2,(H,16,18). The minimum Gasteiger partial charge on any atom is -0.353 e. The van der Waals surface area contributed by atoms with Gasteiger partial charge in [0.25, 0.3) is 0 Å². The lowest BCUT2D eigenvalue weighted by Crippen LogP contribution is -2.06. The van der Waals surface area contributed by atoms with E-state index >= 15 is 0 Å². The molecule has 3 heterocycles. The molecule has 0 atom stereocenters. The normalized spacial score (nSPS) is 10.8. The molecular weight excluding hydrogens is 245 g/mol. The highest BCUT2D eigenvalue weighted by Gasteiger charge is 2.03. The van der Waals surface area contributed by atoms with E-state index in [1.54, 1.807) is 18.5 Å². The Balaban J connectivity index is 1.65. The van der Waals surface area contributed by atoms with Gasteiger partial charge < -0.3 is 5.32 Å². The van der Waals surface area contributed by atoms with Gasteiger partial charge in [-0.05, 0) is 36.2 Å². The summed E-state index contributed by atoms with van der Waals surface area (Å²) in [5.74, 6) is 0.167. The SMILES string of the molecule is Fc1ccc2nc(NCCc3ccncc3)nn2c1. The Morgan fingerprint density at radius 1 is 1.16 bits per heavy atom. The highest BCUT2D eigenvalue weighted by molar-refractivity contribution is 5.43. The summed E-state index contributed by atoms with van der Waals surface area (Å²) in [5.41, 5.74) is 1.81. The van der Waals surface area contributed by atoms with E-state index in [0.717, 1.165) is 6.42 Å². The van der Waals surface area contributed by atoms with Crippen molar-refractivity contribution in [2.45, 2.75) is 6.42 Å². The summed E-state index contributed by atoms with van der Waals surface area (Å²) in [5, 5.41) is 7.26. The molecule has 96 valence electrons. The number of anilines is 1. The molecule has 0 spiro atoms. The molecular formula is C13H12FN5. The molecule has 3 aromatic rings. The Morgan fingerprint density at radius 3 is 2.84 bits per heavy atom. The van der Waals surface area contributed by atoms with Crippen LogP contribution in [0.1, 0.15) is 5.56 Å². The number of nitrogens with one attached hydrogen (secondary N) is 1. The lowest BCUT2D eigenvalue weighted by atomic mass is 10.2. The molecule has 0 saturated heterocycles. The van der Waals surface area contributed by atoms with Crippen molar-refractivity contribution in [3.63, 3.8) is 0 Å². The zero-order chi connectivity index (χ0) is 13.1. The van der Waals surface area contributed by atoms with Gasteiger partial charge in [0.2, 0.25) is 5.95 Å². The summed E-state index contributed by atoms with van der Waals surface area (Å²) in [6, 6.07) is 6.89. The zero-order valence-electron chi connectivity index (χ0n) is 10.1. The number of nitrogens with zero attached hydrogens (tertiary/aromatic N) is 4. The first-order chi connectivity index (χ1) is 9.31. The van der Waals surface area contributed by atoms with Crippen LogP contribution < -0.4 is 5.32 Å². The quantitative estimate of drug-likeness (QED) is 0.775. The molecule has 1 N–H and O–H groups in total. The van der Waals surface area contributed by atoms with Gasteiger partial charge in [-0.1, -0.05) is 0 Å². The lowest BCUT2D eigenvalue weighted by Gasteiger charge is -2.01. The van der Waals surface area contributed by atoms with E-state index in [1.807, 2.05) is 12.1 Å². The van der Waals surface area contributed by atoms with Crippen molar-refractivity contribution in [2.24, 2.45) is 0 Å². The van der Waals surface area contributed by atoms with E-state index in [4.69, 9.17) is 0 Å². The van der Waals surface area contributed by atoms with Gasteiger partial charge in [0.05, 0.1) is 6.20 Å². The molecule has 0 aliphatic heterocycles. The number of hydrogen-bond donors (Lipinski definition) is 1. The molecule has 0 fully saturated rings. The fourth-order valence-corrected chi connectivity index (χ4v) is 1.80. The van der Waals surface area contributed by atoms with Crippen molar-refractivity contribution < 1.29 is 4.39 Å². The van der Waals surface area contributed by atoms with Gasteiger partial charge in [-0.3, -0.25) is 4.98 Å². The van der Waals surface area contributed by atoms with Crippen LogP contribution in [0.2, 0.25) is 0 Å². The van der Waals surface area contributed by atoms with Crippen molar-refractivity contribution in [3.8, 4) is 0 Å². The summed E-state index contributed by atoms with van der Waals surface area (Å²) in [4.78, 5) is 8.21. The van der Waals surface area contributed by atoms with Crippen LogP contribution in [0.5, 0.6) is 0 Å². The first-order valence-electron chi connectivity index (χ1n) is 5.96. The van der Waals surface area contributed by atoms with Crippen LogP contribution >= 0.6 is 0 Å². The van der Waals surface area contributed by atoms with Crippen LogP contribution in [0.4, 0.5) is 10.3 Å². The second-order valence-corrected chi connectivity index (χ2v) is 4.12. The molecule has 5 nitrogen and oxygen atoms in total. The molecule has 0 aromatic carbocycles. The lowest BCUT2D eigenvalue weighted by molar-refractivity contribution is 0.615. The highest BCUT2D eigenvalue weighted by Crippen LogP contribution is 2.07. The monoisotopic (exact) mass is 257 g/mol. The van der Waals surface area contributed by atoms with Crippen LogP contribution in [0, 0.1) is 5.82 Å². The van der Waals surface area contributed by atoms with E-state index in [9.17, 15) is 4.39 Å². The first-order valence-corrected chi connectivity index (χ1v) is 5.96. The van der Waals surface area contributed by atoms with Crippen LogP contribution in [0.25, 0.3) is 5.65 Å². The molecule has 0 aliphatic carbocycles. The smallest absolute Gasteiger partial charge is 0.243 e. The van der Waals surface area contributed by atoms with Gasteiger partial charge in [0.1, 0.15) is 5.82 Å². The van der Waals surface area contributed by atoms with Gasteiger partial charge >= 0.3 is 0 Å². The molecule has 0 aliphatic rings. The van der Waals surface area contributed by atoms with Crippen molar-refractivity contribution in [1.29, 1.82) is 0 Å². The van der Waals surface area contributed by atoms with E-state index in [-0.39, 0.29) is 5.82 Å². The third-order valence-electron chi connectivity index (χ3n) is 2.74. The molecule has 6 heteroatoms. The van der Waals surface area contributed by atoms with Crippen molar-refractivity contribution in [3.05, 3.63) is 54.2 Å². The molecule has 0 radical (unpaired) electrons. The van der Waals surface area contributed by atoms with Gasteiger partial charge in [0.15, 0.2) is 5.65 Å². The van der Waals surface area contributed by atoms with E-state index < -0.39 is 0 Å². The van der Waals surface area contributed by atoms with Crippen LogP contribution in [-0.4, -0.2) is 26.1 Å². The fraction of sp³-hybridized carbons (Fsp3) is 0.154. The van der Waals surface area contributed by atoms with Crippen LogP contribution in [0.3, 0.4) is 0 Å². The number of halogens is 1. The number of aromatic nitrogens is 4. The van der Waals surface area contributed by atoms with Crippen molar-refractivity contribution in [1.82, 2.24) is 19.6 Å². The first kappa shape index (κ1) is 11.6. The van der Waals surface area contributed by atoms with E-state index in [2.05, 4.69) is 20.4 Å². The Bertz CT molecular complexity index is 680. The molecule has 0 bridgehead atoms. The second kappa shape index (κ2) is 5.01. The molecule has 0 amide bonds. The van der Waals surface area contributed by atoms with Crippen molar-refractivity contribution in [2.75, 3.05) is 11.9 Å². The summed E-state index contributed by atoms with van der Waals surface area (Å²) >= 11 is 0. The summed E-state index contributed by atoms with van der Waals surface area (Å²) in [6.07, 6.45) is 5.69. The Morgan fingerprint density at radius 2 is 2.00 bits per heavy atom. The van der Waals surface area contributed by atoms with Gasteiger partial charge in [-0.2, -0.15) is 4.98 Å². The molecule has 3 rings (SSSR count). The summed E-state index contributed by atoms with van der Waals surface area (Å²) in [7, 11) is 0. The van der Waals surface area contributed by atoms with E-state index in [0.29, 0.717) is 18.1 Å². The minimum absolute atomic E-state index is 0.333. The van der Waals surface area contributed by atoms with E-state index in [1.165, 1.54) is 22.3 Å². The molecule has 0 saturated carbocycles. The summed E-state index contributed by atoms with van der Waals surface area (Å²) in [6.45, 7) is 0.712. The average molecular weight is 257 g/mol. The average Bonchev–Trinajstić information content (AvgIpc) is 2.82. The molecule has 3 aromatic heterocycles. The number of fused-ring (bicyclic) bond motifs is 1. The number of hydrogen-bond acceptors (Lipinski definition) is 4. The zero-order valence-corrected chi connectivity index (χ0v) is 10.1. The third-order valence-corrected chi connectivity index (χ3v) is 2.74. The summed E-state index contributed by atoms with van der Waals surface area (Å²) < 4.78 is 14.4. The Labute approximate surface area is 109 Å². The van der Waals surface area contributed by atoms with Gasteiger partial charge in [-0.15, -0.1) is 5.10 Å². The Hall–Kier alpha value is -2.50. The highest BCUT2D eigenvalue weighted by atomic mass is 19.1. The minimum atomic E-state index is -0.333. The maximum absolute atomic E-state index is 13.0. The van der Waals surface area contributed by atoms with Crippen LogP contribution in [-0.2, 0) is 6.42 Å². The maximum atomic E-state index is 13.0.